The molecule has 0 unspecified atom stereocenters. The molecular weight excluding hydrogens is 438 g/mol. The Morgan fingerprint density at radius 1 is 0.971 bits per heavy atom. The van der Waals surface area contributed by atoms with Gasteiger partial charge in [-0.05, 0) is 47.6 Å². The van der Waals surface area contributed by atoms with Crippen LogP contribution in [0.5, 0.6) is 0 Å². The highest BCUT2D eigenvalue weighted by Crippen LogP contribution is 2.59. The fourth-order valence-corrected chi connectivity index (χ4v) is 5.98. The van der Waals surface area contributed by atoms with E-state index in [0.29, 0.717) is 17.7 Å². The van der Waals surface area contributed by atoms with Crippen molar-refractivity contribution in [3.63, 3.8) is 0 Å². The van der Waals surface area contributed by atoms with Crippen molar-refractivity contribution in [3.8, 4) is 0 Å². The molecule has 1 heterocycles. The molecule has 1 aliphatic carbocycles. The summed E-state index contributed by atoms with van der Waals surface area (Å²) < 4.78 is 5.62. The minimum atomic E-state index is -1.32. The van der Waals surface area contributed by atoms with Gasteiger partial charge in [-0.2, -0.15) is 0 Å². The van der Waals surface area contributed by atoms with Crippen molar-refractivity contribution in [1.29, 1.82) is 0 Å². The largest absolute Gasteiger partial charge is 0.466 e. The van der Waals surface area contributed by atoms with Crippen LogP contribution in [0.25, 0.3) is 0 Å². The number of carbonyl (C=O) groups is 3. The zero-order chi connectivity index (χ0) is 24.4. The molecule has 2 aliphatic rings. The van der Waals surface area contributed by atoms with Gasteiger partial charge < -0.3 is 10.1 Å². The Morgan fingerprint density at radius 3 is 2.31 bits per heavy atom. The number of ether oxygens (including phenoxy) is 1. The number of nitrogens with one attached hydrogen (secondary N) is 1. The summed E-state index contributed by atoms with van der Waals surface area (Å²) in [6.07, 6.45) is 3.23. The van der Waals surface area contributed by atoms with Crippen LogP contribution < -0.4 is 5.32 Å². The van der Waals surface area contributed by atoms with E-state index in [2.05, 4.69) is 5.32 Å². The molecule has 5 heteroatoms. The summed E-state index contributed by atoms with van der Waals surface area (Å²) in [6, 6.07) is 26.8. The second-order valence-electron chi connectivity index (χ2n) is 9.08. The van der Waals surface area contributed by atoms with Gasteiger partial charge in [-0.15, -0.1) is 0 Å². The minimum Gasteiger partial charge on any atom is -0.466 e. The number of rotatable bonds is 6. The number of hydrogen-bond acceptors (Lipinski definition) is 4. The highest BCUT2D eigenvalue weighted by atomic mass is 16.5. The van der Waals surface area contributed by atoms with Gasteiger partial charge in [0.25, 0.3) is 0 Å². The molecule has 0 radical (unpaired) electrons. The molecule has 5 nitrogen and oxygen atoms in total. The maximum atomic E-state index is 14.1. The Balaban J connectivity index is 1.81. The molecule has 0 saturated heterocycles. The molecule has 1 aliphatic heterocycles. The number of para-hydroxylation sites is 1. The summed E-state index contributed by atoms with van der Waals surface area (Å²) >= 11 is 0. The lowest BCUT2D eigenvalue weighted by molar-refractivity contribution is -0.156. The van der Waals surface area contributed by atoms with E-state index < -0.39 is 29.1 Å². The minimum absolute atomic E-state index is 0.201. The van der Waals surface area contributed by atoms with Crippen molar-refractivity contribution in [3.05, 3.63) is 113 Å². The van der Waals surface area contributed by atoms with Crippen molar-refractivity contribution in [2.24, 2.45) is 11.8 Å². The number of fused-ring (bicyclic) bond motifs is 2. The number of amides is 1. The Morgan fingerprint density at radius 2 is 1.63 bits per heavy atom. The first-order chi connectivity index (χ1) is 17.1. The number of carbonyl (C=O) groups excluding carboxylic acids is 3. The normalized spacial score (nSPS) is 24.9. The second-order valence-corrected chi connectivity index (χ2v) is 9.08. The lowest BCUT2D eigenvalue weighted by Crippen LogP contribution is -2.56. The molecule has 0 bridgehead atoms. The molecule has 1 N–H and O–H groups in total. The Labute approximate surface area is 204 Å². The quantitative estimate of drug-likeness (QED) is 0.418. The van der Waals surface area contributed by atoms with Gasteiger partial charge in [0.05, 0.1) is 12.5 Å². The molecule has 4 atom stereocenters. The monoisotopic (exact) mass is 465 g/mol. The van der Waals surface area contributed by atoms with Gasteiger partial charge in [-0.3, -0.25) is 14.4 Å². The van der Waals surface area contributed by atoms with Crippen LogP contribution in [0.4, 0.5) is 5.69 Å². The maximum absolute atomic E-state index is 14.1. The average molecular weight is 466 g/mol. The van der Waals surface area contributed by atoms with Crippen molar-refractivity contribution in [1.82, 2.24) is 0 Å². The third kappa shape index (κ3) is 3.68. The first kappa shape index (κ1) is 22.8. The van der Waals surface area contributed by atoms with E-state index in [-0.39, 0.29) is 12.5 Å². The van der Waals surface area contributed by atoms with Crippen molar-refractivity contribution >= 4 is 23.9 Å². The standard InChI is InChI=1S/C30H27NO4/c1-2-35-28(33)27-22(17-20-11-5-3-6-12-20)18-23(19-32)26(21-13-7-4-8-14-21)30(27)24-15-9-10-16-25(24)31-29(30)34/h3-16,18-19,22,26-27H,2,17H2,1H3,(H,31,34)/t22-,26+,27-,30-/m0/s1. The van der Waals surface area contributed by atoms with E-state index in [4.69, 9.17) is 4.74 Å². The van der Waals surface area contributed by atoms with Gasteiger partial charge in [0.1, 0.15) is 11.7 Å². The molecule has 0 fully saturated rings. The van der Waals surface area contributed by atoms with Crippen LogP contribution >= 0.6 is 0 Å². The summed E-state index contributed by atoms with van der Waals surface area (Å²) in [6.45, 7) is 1.97. The van der Waals surface area contributed by atoms with Crippen molar-refractivity contribution in [2.45, 2.75) is 24.7 Å². The van der Waals surface area contributed by atoms with Crippen LogP contribution in [0.2, 0.25) is 0 Å². The van der Waals surface area contributed by atoms with E-state index >= 15 is 0 Å². The summed E-state index contributed by atoms with van der Waals surface area (Å²) in [4.78, 5) is 40.5. The van der Waals surface area contributed by atoms with Gasteiger partial charge in [-0.25, -0.2) is 0 Å². The van der Waals surface area contributed by atoms with Gasteiger partial charge in [0.2, 0.25) is 5.91 Å². The molecule has 1 spiro atoms. The smallest absolute Gasteiger partial charge is 0.311 e. The van der Waals surface area contributed by atoms with E-state index in [9.17, 15) is 14.4 Å². The predicted molar refractivity (Wildman–Crippen MR) is 134 cm³/mol. The Bertz CT molecular complexity index is 1280. The molecule has 0 saturated carbocycles. The molecule has 3 aromatic carbocycles. The fourth-order valence-electron chi connectivity index (χ4n) is 5.98. The first-order valence-electron chi connectivity index (χ1n) is 11.9. The lowest BCUT2D eigenvalue weighted by Gasteiger charge is -2.47. The lowest BCUT2D eigenvalue weighted by atomic mass is 9.52. The molecule has 35 heavy (non-hydrogen) atoms. The molecule has 5 rings (SSSR count). The SMILES string of the molecule is CCOC(=O)[C@@H]1[C@@H](Cc2ccccc2)C=C(C=O)[C@@H](c2ccccc2)[C@]12C(=O)Nc1ccccc12. The van der Waals surface area contributed by atoms with Gasteiger partial charge in [0.15, 0.2) is 0 Å². The van der Waals surface area contributed by atoms with Crippen LogP contribution in [-0.2, 0) is 31.0 Å². The Kier molecular flexibility index (Phi) is 6.08. The highest BCUT2D eigenvalue weighted by molar-refractivity contribution is 6.11. The van der Waals surface area contributed by atoms with Crippen LogP contribution in [0.15, 0.2) is 96.6 Å². The molecule has 0 aromatic heterocycles. The number of anilines is 1. The topological polar surface area (TPSA) is 72.5 Å². The van der Waals surface area contributed by atoms with Crippen LogP contribution in [-0.4, -0.2) is 24.8 Å². The Hall–Kier alpha value is -3.99. The third-order valence-electron chi connectivity index (χ3n) is 7.23. The zero-order valence-electron chi connectivity index (χ0n) is 19.5. The molecular formula is C30H27NO4. The van der Waals surface area contributed by atoms with Crippen molar-refractivity contribution < 1.29 is 19.1 Å². The second kappa shape index (κ2) is 9.34. The van der Waals surface area contributed by atoms with E-state index in [0.717, 1.165) is 23.0 Å². The van der Waals surface area contributed by atoms with Crippen LogP contribution in [0, 0.1) is 11.8 Å². The van der Waals surface area contributed by atoms with Gasteiger partial charge in [-0.1, -0.05) is 84.9 Å². The predicted octanol–water partition coefficient (Wildman–Crippen LogP) is 4.84. The van der Waals surface area contributed by atoms with Gasteiger partial charge in [0, 0.05) is 11.6 Å². The summed E-state index contributed by atoms with van der Waals surface area (Å²) in [7, 11) is 0. The summed E-state index contributed by atoms with van der Waals surface area (Å²) in [5, 5.41) is 3.02. The van der Waals surface area contributed by atoms with Gasteiger partial charge >= 0.3 is 5.97 Å². The maximum Gasteiger partial charge on any atom is 0.311 e. The number of hydrogen-bond donors (Lipinski definition) is 1. The number of benzene rings is 3. The van der Waals surface area contributed by atoms with E-state index in [1.54, 1.807) is 6.92 Å². The summed E-state index contributed by atoms with van der Waals surface area (Å²) in [5.74, 6) is -2.57. The first-order valence-corrected chi connectivity index (χ1v) is 11.9. The van der Waals surface area contributed by atoms with Crippen LogP contribution in [0.3, 0.4) is 0 Å². The summed E-state index contributed by atoms with van der Waals surface area (Å²) in [5.41, 5.74) is 2.40. The fraction of sp³-hybridized carbons (Fsp3) is 0.233. The number of esters is 1. The average Bonchev–Trinajstić information content (AvgIpc) is 3.16. The molecule has 176 valence electrons. The molecule has 3 aromatic rings. The van der Waals surface area contributed by atoms with E-state index in [1.165, 1.54) is 0 Å². The molecule has 1 amide bonds. The zero-order valence-corrected chi connectivity index (χ0v) is 19.5. The van der Waals surface area contributed by atoms with Crippen LogP contribution in [0.1, 0.15) is 29.5 Å². The highest BCUT2D eigenvalue weighted by Gasteiger charge is 2.64. The third-order valence-corrected chi connectivity index (χ3v) is 7.23. The van der Waals surface area contributed by atoms with Crippen molar-refractivity contribution in [2.75, 3.05) is 11.9 Å². The number of allylic oxidation sites excluding steroid dienone is 2. The van der Waals surface area contributed by atoms with E-state index in [1.807, 2.05) is 91.0 Å². The number of aldehydes is 1.